The Morgan fingerprint density at radius 2 is 2.04 bits per heavy atom. The molecule has 1 aromatic rings. The number of amidine groups is 1. The number of hydrogen-bond acceptors (Lipinski definition) is 4. The van der Waals surface area contributed by atoms with E-state index in [-0.39, 0.29) is 17.6 Å². The smallest absolute Gasteiger partial charge is 0.256 e. The van der Waals surface area contributed by atoms with Crippen LogP contribution in [0.15, 0.2) is 58.7 Å². The second-order valence-corrected chi connectivity index (χ2v) is 7.83. The van der Waals surface area contributed by atoms with Crippen molar-refractivity contribution < 1.29 is 13.2 Å². The summed E-state index contributed by atoms with van der Waals surface area (Å²) in [5, 5.41) is 2.97. The molecule has 1 atom stereocenters. The first-order chi connectivity index (χ1) is 12.0. The highest BCUT2D eigenvalue weighted by Gasteiger charge is 2.25. The lowest BCUT2D eigenvalue weighted by molar-refractivity contribution is -0.117. The summed E-state index contributed by atoms with van der Waals surface area (Å²) >= 11 is 0. The zero-order valence-corrected chi connectivity index (χ0v) is 14.9. The molecule has 0 radical (unpaired) electrons. The number of carbonyl (C=O) groups excluding carboxylic acids is 1. The van der Waals surface area contributed by atoms with Gasteiger partial charge in [-0.3, -0.25) is 4.79 Å². The normalized spacial score (nSPS) is 19.5. The highest BCUT2D eigenvalue weighted by molar-refractivity contribution is 7.90. The summed E-state index contributed by atoms with van der Waals surface area (Å²) in [6, 6.07) is 10.1. The molecule has 0 fully saturated rings. The molecule has 7 heteroatoms. The second-order valence-electron chi connectivity index (χ2n) is 6.07. The topological polar surface area (TPSA) is 78.8 Å². The van der Waals surface area contributed by atoms with E-state index in [0.29, 0.717) is 24.5 Å². The predicted octanol–water partition coefficient (Wildman–Crippen LogP) is 1.79. The Balaban J connectivity index is 1.65. The first-order valence-electron chi connectivity index (χ1n) is 8.31. The van der Waals surface area contributed by atoms with E-state index >= 15 is 0 Å². The molecule has 132 valence electrons. The maximum atomic E-state index is 12.4. The SMILES string of the molecule is CCC(CNC(=O)C1=CN2CCS(=O)(=O)N=C2C=C1)c1ccccc1. The molecule has 2 aliphatic heterocycles. The number of amides is 1. The predicted molar refractivity (Wildman–Crippen MR) is 97.6 cm³/mol. The monoisotopic (exact) mass is 359 g/mol. The van der Waals surface area contributed by atoms with Crippen molar-refractivity contribution in [3.63, 3.8) is 0 Å². The van der Waals surface area contributed by atoms with Crippen molar-refractivity contribution in [3.8, 4) is 0 Å². The van der Waals surface area contributed by atoms with Gasteiger partial charge in [-0.15, -0.1) is 4.40 Å². The number of nitrogens with one attached hydrogen (secondary N) is 1. The molecule has 0 aromatic heterocycles. The summed E-state index contributed by atoms with van der Waals surface area (Å²) in [6.45, 7) is 2.96. The van der Waals surface area contributed by atoms with E-state index in [1.807, 2.05) is 18.2 Å². The fraction of sp³-hybridized carbons (Fsp3) is 0.333. The van der Waals surface area contributed by atoms with Crippen LogP contribution in [-0.2, 0) is 14.8 Å². The molecule has 1 aromatic carbocycles. The Morgan fingerprint density at radius 1 is 1.28 bits per heavy atom. The van der Waals surface area contributed by atoms with Crippen LogP contribution in [0, 0.1) is 0 Å². The Labute approximate surface area is 148 Å². The molecule has 6 nitrogen and oxygen atoms in total. The van der Waals surface area contributed by atoms with Crippen molar-refractivity contribution in [2.24, 2.45) is 4.40 Å². The minimum atomic E-state index is -3.38. The van der Waals surface area contributed by atoms with Gasteiger partial charge in [-0.05, 0) is 24.1 Å². The van der Waals surface area contributed by atoms with Crippen LogP contribution < -0.4 is 5.32 Å². The third kappa shape index (κ3) is 4.17. The van der Waals surface area contributed by atoms with Crippen molar-refractivity contribution in [3.05, 3.63) is 59.8 Å². The van der Waals surface area contributed by atoms with Crippen molar-refractivity contribution >= 4 is 21.8 Å². The maximum absolute atomic E-state index is 12.4. The largest absolute Gasteiger partial charge is 0.351 e. The molecule has 0 saturated heterocycles. The van der Waals surface area contributed by atoms with E-state index in [9.17, 15) is 13.2 Å². The molecule has 0 saturated carbocycles. The van der Waals surface area contributed by atoms with E-state index < -0.39 is 10.0 Å². The first-order valence-corrected chi connectivity index (χ1v) is 9.92. The maximum Gasteiger partial charge on any atom is 0.256 e. The van der Waals surface area contributed by atoms with Gasteiger partial charge in [0.1, 0.15) is 5.84 Å². The standard InChI is InChI=1S/C18H21N3O3S/c1-2-14(15-6-4-3-5-7-15)12-19-18(22)16-8-9-17-20-25(23,24)11-10-21(17)13-16/h3-9,13-14H,2,10-12H2,1H3,(H,19,22). The second kappa shape index (κ2) is 7.23. The summed E-state index contributed by atoms with van der Waals surface area (Å²) < 4.78 is 26.7. The van der Waals surface area contributed by atoms with Gasteiger partial charge >= 0.3 is 0 Å². The van der Waals surface area contributed by atoms with Crippen LogP contribution in [-0.4, -0.2) is 43.9 Å². The van der Waals surface area contributed by atoms with Gasteiger partial charge in [0, 0.05) is 25.2 Å². The van der Waals surface area contributed by atoms with E-state index in [1.165, 1.54) is 5.56 Å². The average Bonchev–Trinajstić information content (AvgIpc) is 2.62. The Kier molecular flexibility index (Phi) is 5.03. The van der Waals surface area contributed by atoms with Gasteiger partial charge in [-0.2, -0.15) is 0 Å². The number of carbonyl (C=O) groups is 1. The number of nitrogens with zero attached hydrogens (tertiary/aromatic N) is 2. The van der Waals surface area contributed by atoms with Gasteiger partial charge in [0.2, 0.25) is 0 Å². The number of fused-ring (bicyclic) bond motifs is 1. The summed E-state index contributed by atoms with van der Waals surface area (Å²) in [7, 11) is -3.38. The number of benzene rings is 1. The molecule has 0 spiro atoms. The van der Waals surface area contributed by atoms with Gasteiger partial charge in [-0.25, -0.2) is 8.42 Å². The van der Waals surface area contributed by atoms with Crippen LogP contribution in [0.3, 0.4) is 0 Å². The van der Waals surface area contributed by atoms with E-state index in [0.717, 1.165) is 6.42 Å². The number of rotatable bonds is 5. The lowest BCUT2D eigenvalue weighted by Crippen LogP contribution is -2.38. The molecule has 2 aliphatic rings. The molecule has 0 bridgehead atoms. The number of hydrogen-bond donors (Lipinski definition) is 1. The summed E-state index contributed by atoms with van der Waals surface area (Å²) in [4.78, 5) is 14.1. The molecular formula is C18H21N3O3S. The summed E-state index contributed by atoms with van der Waals surface area (Å²) in [5.74, 6) is 0.411. The molecule has 25 heavy (non-hydrogen) atoms. The summed E-state index contributed by atoms with van der Waals surface area (Å²) in [5.41, 5.74) is 1.70. The van der Waals surface area contributed by atoms with Crippen molar-refractivity contribution in [2.45, 2.75) is 19.3 Å². The van der Waals surface area contributed by atoms with Crippen LogP contribution >= 0.6 is 0 Å². The zero-order chi connectivity index (χ0) is 17.9. The van der Waals surface area contributed by atoms with Crippen LogP contribution in [0.2, 0.25) is 0 Å². The van der Waals surface area contributed by atoms with Crippen LogP contribution in [0.5, 0.6) is 0 Å². The number of sulfonamides is 1. The van der Waals surface area contributed by atoms with Crippen molar-refractivity contribution in [2.75, 3.05) is 18.8 Å². The van der Waals surface area contributed by atoms with Gasteiger partial charge < -0.3 is 10.2 Å². The zero-order valence-electron chi connectivity index (χ0n) is 14.1. The van der Waals surface area contributed by atoms with E-state index in [1.54, 1.807) is 23.3 Å². The Bertz CT molecular complexity index is 842. The minimum Gasteiger partial charge on any atom is -0.351 e. The van der Waals surface area contributed by atoms with Gasteiger partial charge in [-0.1, -0.05) is 37.3 Å². The Morgan fingerprint density at radius 3 is 2.76 bits per heavy atom. The van der Waals surface area contributed by atoms with Gasteiger partial charge in [0.25, 0.3) is 15.9 Å². The molecule has 0 aliphatic carbocycles. The van der Waals surface area contributed by atoms with Crippen molar-refractivity contribution in [1.82, 2.24) is 10.2 Å². The van der Waals surface area contributed by atoms with Crippen LogP contribution in [0.4, 0.5) is 0 Å². The first kappa shape index (κ1) is 17.4. The lowest BCUT2D eigenvalue weighted by Gasteiger charge is -2.27. The van der Waals surface area contributed by atoms with Gasteiger partial charge in [0.15, 0.2) is 0 Å². The summed E-state index contributed by atoms with van der Waals surface area (Å²) in [6.07, 6.45) is 5.77. The quantitative estimate of drug-likeness (QED) is 0.869. The third-order valence-electron chi connectivity index (χ3n) is 4.36. The molecule has 1 N–H and O–H groups in total. The molecule has 1 amide bonds. The lowest BCUT2D eigenvalue weighted by atomic mass is 9.96. The van der Waals surface area contributed by atoms with Crippen molar-refractivity contribution in [1.29, 1.82) is 0 Å². The van der Waals surface area contributed by atoms with Crippen LogP contribution in [0.25, 0.3) is 0 Å². The average molecular weight is 359 g/mol. The fourth-order valence-corrected chi connectivity index (χ4v) is 3.85. The minimum absolute atomic E-state index is 0.0400. The van der Waals surface area contributed by atoms with E-state index in [2.05, 4.69) is 28.8 Å². The Hall–Kier alpha value is -2.41. The van der Waals surface area contributed by atoms with E-state index in [4.69, 9.17) is 0 Å². The van der Waals surface area contributed by atoms with Gasteiger partial charge in [0.05, 0.1) is 11.3 Å². The highest BCUT2D eigenvalue weighted by atomic mass is 32.2. The van der Waals surface area contributed by atoms with Crippen LogP contribution in [0.1, 0.15) is 24.8 Å². The molecule has 3 rings (SSSR count). The molecule has 1 unspecified atom stereocenters. The highest BCUT2D eigenvalue weighted by Crippen LogP contribution is 2.19. The fourth-order valence-electron chi connectivity index (χ4n) is 2.88. The molecule has 2 heterocycles. The third-order valence-corrected chi connectivity index (χ3v) is 5.52. The molecular weight excluding hydrogens is 338 g/mol.